The molecule has 5 heteroatoms. The fourth-order valence-corrected chi connectivity index (χ4v) is 3.69. The molecule has 148 valence electrons. The second-order valence-corrected chi connectivity index (χ2v) is 7.65. The predicted molar refractivity (Wildman–Crippen MR) is 121 cm³/mol. The normalized spacial score (nSPS) is 12.0. The molecule has 0 saturated carbocycles. The van der Waals surface area contributed by atoms with Gasteiger partial charge in [-0.15, -0.1) is 0 Å². The van der Waals surface area contributed by atoms with Crippen molar-refractivity contribution in [2.45, 2.75) is 20.8 Å². The molecule has 5 aromatic rings. The third-order valence-electron chi connectivity index (χ3n) is 5.18. The van der Waals surface area contributed by atoms with Gasteiger partial charge in [-0.2, -0.15) is 5.10 Å². The number of para-hydroxylation sites is 2. The van der Waals surface area contributed by atoms with E-state index in [1.165, 1.54) is 11.1 Å². The maximum absolute atomic E-state index is 6.30. The smallest absolute Gasteiger partial charge is 0.222 e. The number of rotatable bonds is 3. The number of aromatic amines is 1. The van der Waals surface area contributed by atoms with E-state index in [2.05, 4.69) is 77.7 Å². The molecule has 0 amide bonds. The number of nitrogens with one attached hydrogen (secondary N) is 2. The summed E-state index contributed by atoms with van der Waals surface area (Å²) in [5, 5.41) is 6.45. The Morgan fingerprint density at radius 1 is 0.900 bits per heavy atom. The lowest BCUT2D eigenvalue weighted by Crippen LogP contribution is -2.09. The standard InChI is InChI=1S/C25H22N4O/c1-15-8-10-18(11-9-15)23-14-22(19-13-16(2)12-17(3)24(19)30-23)28-29-25-26-20-6-4-5-7-21(20)27-25/h4-14H,1-3H3,(H2,26,27,29). The molecule has 2 aromatic heterocycles. The number of nitrogens with zero attached hydrogens (tertiary/aromatic N) is 2. The Bertz CT molecular complexity index is 1410. The van der Waals surface area contributed by atoms with Gasteiger partial charge in [-0.25, -0.2) is 10.4 Å². The molecule has 0 atom stereocenters. The van der Waals surface area contributed by atoms with Gasteiger partial charge in [0, 0.05) is 17.0 Å². The van der Waals surface area contributed by atoms with E-state index in [0.717, 1.165) is 44.2 Å². The maximum Gasteiger partial charge on any atom is 0.222 e. The highest BCUT2D eigenvalue weighted by Crippen LogP contribution is 2.25. The summed E-state index contributed by atoms with van der Waals surface area (Å²) in [6.45, 7) is 6.22. The summed E-state index contributed by atoms with van der Waals surface area (Å²) >= 11 is 0. The first kappa shape index (κ1) is 18.2. The van der Waals surface area contributed by atoms with Crippen LogP contribution in [0.4, 0.5) is 5.95 Å². The zero-order valence-electron chi connectivity index (χ0n) is 17.2. The third-order valence-corrected chi connectivity index (χ3v) is 5.18. The number of aryl methyl sites for hydroxylation is 3. The van der Waals surface area contributed by atoms with E-state index in [9.17, 15) is 0 Å². The van der Waals surface area contributed by atoms with Gasteiger partial charge in [0.1, 0.15) is 11.3 Å². The van der Waals surface area contributed by atoms with E-state index < -0.39 is 0 Å². The fraction of sp³-hybridized carbons (Fsp3) is 0.120. The van der Waals surface area contributed by atoms with Gasteiger partial charge >= 0.3 is 0 Å². The molecular weight excluding hydrogens is 372 g/mol. The summed E-state index contributed by atoms with van der Waals surface area (Å²) in [7, 11) is 0. The molecule has 0 aliphatic carbocycles. The molecule has 2 N–H and O–H groups in total. The van der Waals surface area contributed by atoms with Gasteiger partial charge in [-0.05, 0) is 50.1 Å². The molecule has 0 aliphatic heterocycles. The first-order chi connectivity index (χ1) is 14.6. The Morgan fingerprint density at radius 3 is 2.50 bits per heavy atom. The van der Waals surface area contributed by atoms with Crippen molar-refractivity contribution in [3.05, 3.63) is 88.8 Å². The molecule has 0 bridgehead atoms. The van der Waals surface area contributed by atoms with Crippen LogP contribution in [0.25, 0.3) is 33.3 Å². The average Bonchev–Trinajstić information content (AvgIpc) is 3.16. The van der Waals surface area contributed by atoms with Crippen LogP contribution in [0.2, 0.25) is 0 Å². The number of fused-ring (bicyclic) bond motifs is 2. The Hall–Kier alpha value is -3.86. The summed E-state index contributed by atoms with van der Waals surface area (Å²) in [6.07, 6.45) is 0. The minimum Gasteiger partial charge on any atom is -0.456 e. The monoisotopic (exact) mass is 394 g/mol. The van der Waals surface area contributed by atoms with Gasteiger partial charge in [0.15, 0.2) is 0 Å². The Labute approximate surface area is 174 Å². The number of imidazole rings is 1. The number of hydrogen-bond donors (Lipinski definition) is 2. The van der Waals surface area contributed by atoms with Gasteiger partial charge in [-0.3, -0.25) is 0 Å². The molecule has 3 aromatic carbocycles. The van der Waals surface area contributed by atoms with Crippen molar-refractivity contribution in [3.63, 3.8) is 0 Å². The summed E-state index contributed by atoms with van der Waals surface area (Å²) in [6, 6.07) is 22.4. The lowest BCUT2D eigenvalue weighted by molar-refractivity contribution is 0.615. The first-order valence-electron chi connectivity index (χ1n) is 9.93. The van der Waals surface area contributed by atoms with Crippen LogP contribution < -0.4 is 10.8 Å². The zero-order chi connectivity index (χ0) is 20.7. The van der Waals surface area contributed by atoms with Gasteiger partial charge in [0.2, 0.25) is 5.95 Å². The summed E-state index contributed by atoms with van der Waals surface area (Å²) in [5.74, 6) is 1.38. The van der Waals surface area contributed by atoms with Crippen LogP contribution >= 0.6 is 0 Å². The Morgan fingerprint density at radius 2 is 1.70 bits per heavy atom. The van der Waals surface area contributed by atoms with E-state index >= 15 is 0 Å². The molecule has 0 radical (unpaired) electrons. The minimum atomic E-state index is 0.603. The van der Waals surface area contributed by atoms with Crippen molar-refractivity contribution in [2.24, 2.45) is 5.10 Å². The minimum absolute atomic E-state index is 0.603. The molecule has 0 fully saturated rings. The van der Waals surface area contributed by atoms with E-state index in [4.69, 9.17) is 4.42 Å². The third kappa shape index (κ3) is 3.35. The fourth-order valence-electron chi connectivity index (χ4n) is 3.69. The van der Waals surface area contributed by atoms with Crippen molar-refractivity contribution in [2.75, 3.05) is 5.43 Å². The average molecular weight is 394 g/mol. The highest BCUT2D eigenvalue weighted by Gasteiger charge is 2.09. The van der Waals surface area contributed by atoms with Crippen LogP contribution in [0.5, 0.6) is 0 Å². The van der Waals surface area contributed by atoms with Crippen molar-refractivity contribution in [1.29, 1.82) is 0 Å². The molecule has 0 aliphatic rings. The molecule has 0 unspecified atom stereocenters. The van der Waals surface area contributed by atoms with Gasteiger partial charge < -0.3 is 9.40 Å². The zero-order valence-corrected chi connectivity index (χ0v) is 17.2. The Kier molecular flexibility index (Phi) is 4.36. The van der Waals surface area contributed by atoms with Crippen LogP contribution in [0.15, 0.2) is 76.2 Å². The predicted octanol–water partition coefficient (Wildman–Crippen LogP) is 5.83. The van der Waals surface area contributed by atoms with Crippen LogP contribution in [0.3, 0.4) is 0 Å². The number of aromatic nitrogens is 2. The lowest BCUT2D eigenvalue weighted by atomic mass is 10.1. The molecule has 30 heavy (non-hydrogen) atoms. The second-order valence-electron chi connectivity index (χ2n) is 7.65. The van der Waals surface area contributed by atoms with Gasteiger partial charge in [-0.1, -0.05) is 48.0 Å². The summed E-state index contributed by atoms with van der Waals surface area (Å²) in [4.78, 5) is 7.80. The summed E-state index contributed by atoms with van der Waals surface area (Å²) < 4.78 is 6.30. The maximum atomic E-state index is 6.30. The summed E-state index contributed by atoms with van der Waals surface area (Å²) in [5.41, 5.74) is 10.3. The molecule has 5 rings (SSSR count). The molecule has 2 heterocycles. The van der Waals surface area contributed by atoms with Crippen LogP contribution in [-0.2, 0) is 0 Å². The highest BCUT2D eigenvalue weighted by molar-refractivity contribution is 5.82. The molecule has 0 saturated heterocycles. The Balaban J connectivity index is 1.68. The number of anilines is 1. The van der Waals surface area contributed by atoms with Crippen molar-refractivity contribution in [3.8, 4) is 11.3 Å². The van der Waals surface area contributed by atoms with Crippen molar-refractivity contribution < 1.29 is 4.42 Å². The van der Waals surface area contributed by atoms with E-state index in [1.807, 2.05) is 30.3 Å². The van der Waals surface area contributed by atoms with Gasteiger partial charge in [0.25, 0.3) is 0 Å². The first-order valence-corrected chi connectivity index (χ1v) is 9.93. The van der Waals surface area contributed by atoms with Crippen LogP contribution in [-0.4, -0.2) is 9.97 Å². The number of hydrogen-bond acceptors (Lipinski definition) is 4. The largest absolute Gasteiger partial charge is 0.456 e. The molecular formula is C25H22N4O. The van der Waals surface area contributed by atoms with Gasteiger partial charge in [0.05, 0.1) is 16.4 Å². The van der Waals surface area contributed by atoms with E-state index in [1.54, 1.807) is 0 Å². The quantitative estimate of drug-likeness (QED) is 0.378. The van der Waals surface area contributed by atoms with E-state index in [0.29, 0.717) is 5.95 Å². The van der Waals surface area contributed by atoms with E-state index in [-0.39, 0.29) is 0 Å². The number of benzene rings is 3. The topological polar surface area (TPSA) is 66.2 Å². The molecule has 0 spiro atoms. The van der Waals surface area contributed by atoms with Crippen LogP contribution in [0, 0.1) is 20.8 Å². The molecule has 5 nitrogen and oxygen atoms in total. The van der Waals surface area contributed by atoms with Crippen molar-refractivity contribution in [1.82, 2.24) is 9.97 Å². The lowest BCUT2D eigenvalue weighted by Gasteiger charge is -2.08. The van der Waals surface area contributed by atoms with Crippen LogP contribution in [0.1, 0.15) is 16.7 Å². The highest BCUT2D eigenvalue weighted by atomic mass is 16.3. The number of H-pyrrole nitrogens is 1. The SMILES string of the molecule is Cc1ccc(-c2cc(=NNc3nc4ccccc4[nH]3)c3cc(C)cc(C)c3o2)cc1. The second kappa shape index (κ2) is 7.19. The van der Waals surface area contributed by atoms with Crippen molar-refractivity contribution >= 4 is 28.0 Å².